The van der Waals surface area contributed by atoms with Gasteiger partial charge in [0.05, 0.1) is 5.75 Å². The monoisotopic (exact) mass is 340 g/mol. The van der Waals surface area contributed by atoms with Gasteiger partial charge >= 0.3 is 5.97 Å². The molecule has 0 radical (unpaired) electrons. The summed E-state index contributed by atoms with van der Waals surface area (Å²) in [5.74, 6) is -1.16. The van der Waals surface area contributed by atoms with Gasteiger partial charge in [-0.25, -0.2) is 9.78 Å². The first-order chi connectivity index (χ1) is 10.6. The lowest BCUT2D eigenvalue weighted by atomic mass is 10.1. The van der Waals surface area contributed by atoms with Gasteiger partial charge in [-0.05, 0) is 6.08 Å². The van der Waals surface area contributed by atoms with Crippen molar-refractivity contribution in [2.75, 3.05) is 11.5 Å². The van der Waals surface area contributed by atoms with Crippen molar-refractivity contribution in [3.05, 3.63) is 24.2 Å². The molecule has 2 unspecified atom stereocenters. The minimum Gasteiger partial charge on any atom is -0.477 e. The molecule has 0 spiro atoms. The Balaban J connectivity index is 1.56. The first kappa shape index (κ1) is 15.0. The van der Waals surface area contributed by atoms with Crippen LogP contribution in [0.1, 0.15) is 0 Å². The Morgan fingerprint density at radius 2 is 2.41 bits per heavy atom. The summed E-state index contributed by atoms with van der Waals surface area (Å²) in [5, 5.41) is 12.0. The highest BCUT2D eigenvalue weighted by atomic mass is 32.2. The Morgan fingerprint density at radius 3 is 3.09 bits per heavy atom. The van der Waals surface area contributed by atoms with E-state index in [9.17, 15) is 14.4 Å². The summed E-state index contributed by atoms with van der Waals surface area (Å²) in [5.41, 5.74) is -0.00999. The van der Waals surface area contributed by atoms with Crippen LogP contribution in [0.2, 0.25) is 0 Å². The van der Waals surface area contributed by atoms with Gasteiger partial charge < -0.3 is 15.4 Å². The number of carboxylic acids is 1. The third-order valence-electron chi connectivity index (χ3n) is 3.20. The molecule has 0 saturated carbocycles. The Kier molecular flexibility index (Phi) is 4.12. The zero-order valence-electron chi connectivity index (χ0n) is 11.2. The predicted molar refractivity (Wildman–Crippen MR) is 80.1 cm³/mol. The average Bonchev–Trinajstić information content (AvgIpc) is 3.02. The van der Waals surface area contributed by atoms with E-state index in [4.69, 9.17) is 5.11 Å². The van der Waals surface area contributed by atoms with Crippen LogP contribution in [0.15, 0.2) is 29.3 Å². The number of nitrogens with zero attached hydrogens (tertiary/aromatic N) is 2. The van der Waals surface area contributed by atoms with Crippen LogP contribution < -0.4 is 5.32 Å². The maximum absolute atomic E-state index is 12.0. The molecule has 8 nitrogen and oxygen atoms in total. The van der Waals surface area contributed by atoms with Crippen molar-refractivity contribution in [2.45, 2.75) is 16.6 Å². The highest BCUT2D eigenvalue weighted by molar-refractivity contribution is 8.00. The van der Waals surface area contributed by atoms with E-state index in [-0.39, 0.29) is 28.6 Å². The molecule has 22 heavy (non-hydrogen) atoms. The van der Waals surface area contributed by atoms with Crippen LogP contribution in [0.5, 0.6) is 0 Å². The number of thioether (sulfide) groups is 2. The first-order valence-corrected chi connectivity index (χ1v) is 8.41. The third kappa shape index (κ3) is 2.71. The highest BCUT2D eigenvalue weighted by Crippen LogP contribution is 2.37. The van der Waals surface area contributed by atoms with Gasteiger partial charge in [-0.1, -0.05) is 11.8 Å². The molecular formula is C12H12N4O4S2. The van der Waals surface area contributed by atoms with Gasteiger partial charge in [0.1, 0.15) is 17.1 Å². The van der Waals surface area contributed by atoms with Crippen LogP contribution in [0.4, 0.5) is 0 Å². The lowest BCUT2D eigenvalue weighted by molar-refractivity contribution is -0.150. The van der Waals surface area contributed by atoms with E-state index in [1.165, 1.54) is 34.5 Å². The Hall–Kier alpha value is -1.94. The summed E-state index contributed by atoms with van der Waals surface area (Å²) < 4.78 is 0. The molecule has 2 aliphatic heterocycles. The summed E-state index contributed by atoms with van der Waals surface area (Å²) in [7, 11) is 0. The molecule has 10 heteroatoms. The van der Waals surface area contributed by atoms with E-state index in [1.807, 2.05) is 0 Å². The fourth-order valence-electron chi connectivity index (χ4n) is 2.22. The molecule has 2 atom stereocenters. The molecule has 1 aromatic heterocycles. The molecule has 116 valence electrons. The number of imidazole rings is 1. The van der Waals surface area contributed by atoms with Crippen molar-refractivity contribution >= 4 is 41.3 Å². The molecule has 3 N–H and O–H groups in total. The van der Waals surface area contributed by atoms with Gasteiger partial charge in [-0.2, -0.15) is 0 Å². The van der Waals surface area contributed by atoms with Gasteiger partial charge in [0.25, 0.3) is 5.91 Å². The van der Waals surface area contributed by atoms with Crippen molar-refractivity contribution in [3.63, 3.8) is 0 Å². The Labute approximate surface area is 133 Å². The fraction of sp³-hybridized carbons (Fsp3) is 0.333. The lowest BCUT2D eigenvalue weighted by Gasteiger charge is -2.48. The zero-order chi connectivity index (χ0) is 15.7. The molecule has 2 amide bonds. The number of rotatable bonds is 5. The molecule has 1 saturated heterocycles. The predicted octanol–water partition coefficient (Wildman–Crippen LogP) is -0.130. The minimum absolute atomic E-state index is 0.00999. The molecular weight excluding hydrogens is 328 g/mol. The third-order valence-corrected chi connectivity index (χ3v) is 5.28. The van der Waals surface area contributed by atoms with Crippen molar-refractivity contribution in [1.29, 1.82) is 0 Å². The second kappa shape index (κ2) is 6.05. The molecule has 1 aromatic rings. The highest BCUT2D eigenvalue weighted by Gasteiger charge is 2.52. The maximum atomic E-state index is 12.0. The van der Waals surface area contributed by atoms with E-state index >= 15 is 0 Å². The second-order valence-corrected chi connectivity index (χ2v) is 6.67. The lowest BCUT2D eigenvalue weighted by Crippen LogP contribution is -2.70. The summed E-state index contributed by atoms with van der Waals surface area (Å²) in [6.45, 7) is 0. The largest absolute Gasteiger partial charge is 0.477 e. The number of carbonyl (C=O) groups excluding carboxylic acids is 2. The molecule has 1 fully saturated rings. The smallest absolute Gasteiger partial charge is 0.352 e. The molecule has 0 aromatic carbocycles. The number of nitrogens with one attached hydrogen (secondary N) is 2. The Bertz CT molecular complexity index is 646. The van der Waals surface area contributed by atoms with Gasteiger partial charge in [0, 0.05) is 18.1 Å². The van der Waals surface area contributed by atoms with E-state index in [0.29, 0.717) is 10.9 Å². The van der Waals surface area contributed by atoms with Crippen molar-refractivity contribution in [1.82, 2.24) is 20.2 Å². The van der Waals surface area contributed by atoms with Crippen LogP contribution in [-0.4, -0.2) is 60.7 Å². The van der Waals surface area contributed by atoms with Crippen LogP contribution >= 0.6 is 23.5 Å². The number of hydrogen-bond donors (Lipinski definition) is 3. The van der Waals surface area contributed by atoms with E-state index in [0.717, 1.165) is 0 Å². The maximum Gasteiger partial charge on any atom is 0.352 e. The number of aromatic nitrogens is 2. The van der Waals surface area contributed by atoms with E-state index in [2.05, 4.69) is 15.3 Å². The number of aliphatic carboxylic acids is 1. The number of carboxylic acid groups (broad SMARTS) is 1. The summed E-state index contributed by atoms with van der Waals surface area (Å²) in [4.78, 5) is 43.1. The summed E-state index contributed by atoms with van der Waals surface area (Å²) >= 11 is 2.66. The number of amides is 2. The fourth-order valence-corrected chi connectivity index (χ4v) is 4.05. The van der Waals surface area contributed by atoms with Crippen LogP contribution in [0.3, 0.4) is 0 Å². The molecule has 3 heterocycles. The van der Waals surface area contributed by atoms with Crippen molar-refractivity contribution in [3.8, 4) is 0 Å². The van der Waals surface area contributed by atoms with Crippen LogP contribution in [0.25, 0.3) is 0 Å². The number of β-lactam (4-membered cyclic amide) rings is 1. The molecule has 3 rings (SSSR count). The van der Waals surface area contributed by atoms with Gasteiger partial charge in [-0.15, -0.1) is 11.8 Å². The number of hydrogen-bond acceptors (Lipinski definition) is 6. The van der Waals surface area contributed by atoms with Crippen molar-refractivity contribution < 1.29 is 19.5 Å². The topological polar surface area (TPSA) is 115 Å². The van der Waals surface area contributed by atoms with Crippen molar-refractivity contribution in [2.24, 2.45) is 0 Å². The van der Waals surface area contributed by atoms with E-state index in [1.54, 1.807) is 12.4 Å². The number of H-pyrrole nitrogens is 1. The SMILES string of the molecule is O=C(CSc1ncc[nH]1)NC1C(=O)N2C(C(=O)O)=CCSC12. The normalized spacial score (nSPS) is 23.4. The number of aromatic amines is 1. The minimum atomic E-state index is -1.13. The quantitative estimate of drug-likeness (QED) is 0.505. The van der Waals surface area contributed by atoms with Gasteiger partial charge in [0.15, 0.2) is 5.16 Å². The van der Waals surface area contributed by atoms with Gasteiger partial charge in [-0.3, -0.25) is 14.5 Å². The number of fused-ring (bicyclic) bond motifs is 1. The summed E-state index contributed by atoms with van der Waals surface area (Å²) in [6, 6.07) is -0.669. The average molecular weight is 340 g/mol. The van der Waals surface area contributed by atoms with E-state index < -0.39 is 12.0 Å². The van der Waals surface area contributed by atoms with Crippen LogP contribution in [0, 0.1) is 0 Å². The number of carbonyl (C=O) groups is 3. The molecule has 0 bridgehead atoms. The van der Waals surface area contributed by atoms with Gasteiger partial charge in [0.2, 0.25) is 5.91 Å². The molecule has 0 aliphatic carbocycles. The zero-order valence-corrected chi connectivity index (χ0v) is 12.8. The standard InChI is InChI=1S/C12H12N4O4S2/c17-7(5-22-12-13-2-3-14-12)15-8-9(18)16-6(11(19)20)1-4-21-10(8)16/h1-3,8,10H,4-5H2,(H,13,14)(H,15,17)(H,19,20). The first-order valence-electron chi connectivity index (χ1n) is 6.37. The summed E-state index contributed by atoms with van der Waals surface area (Å²) in [6.07, 6.45) is 4.75. The second-order valence-electron chi connectivity index (χ2n) is 4.55. The Morgan fingerprint density at radius 1 is 1.59 bits per heavy atom. The van der Waals surface area contributed by atoms with Crippen LogP contribution in [-0.2, 0) is 14.4 Å². The molecule has 2 aliphatic rings.